The quantitative estimate of drug-likeness (QED) is 0.565. The summed E-state index contributed by atoms with van der Waals surface area (Å²) in [5.41, 5.74) is 2.60. The predicted molar refractivity (Wildman–Crippen MR) is 125 cm³/mol. The fourth-order valence-electron chi connectivity index (χ4n) is 3.58. The summed E-state index contributed by atoms with van der Waals surface area (Å²) in [5.74, 6) is 0.399. The summed E-state index contributed by atoms with van der Waals surface area (Å²) in [6.45, 7) is 4.76. The van der Waals surface area contributed by atoms with Gasteiger partial charge in [-0.05, 0) is 49.6 Å². The van der Waals surface area contributed by atoms with Gasteiger partial charge in [-0.3, -0.25) is 9.78 Å². The van der Waals surface area contributed by atoms with E-state index in [1.165, 1.54) is 6.33 Å². The standard InChI is InChI=1S/C22H25N7O4.CH4/c1-3-33-22(32)28-8-7-15-10-23-18(9-16(15)11-28)21(31)26-19-6-4-5-17(25-19)20-27-24-13-29(20)14(2)12-30;/h4-6,9-10,13-14,30H,3,7-8,11-12H2,1-2H3,(H,25,26,31);1H4/t14-;/m1./s1. The highest BCUT2D eigenvalue weighted by Crippen LogP contribution is 2.22. The number of nitrogens with zero attached hydrogens (tertiary/aromatic N) is 6. The van der Waals surface area contributed by atoms with Crippen LogP contribution in [0.3, 0.4) is 0 Å². The van der Waals surface area contributed by atoms with Crippen LogP contribution in [-0.4, -0.2) is 66.5 Å². The third-order valence-corrected chi connectivity index (χ3v) is 5.39. The fraction of sp³-hybridized carbons (Fsp3) is 0.391. The Hall–Kier alpha value is -3.86. The zero-order valence-electron chi connectivity index (χ0n) is 18.4. The summed E-state index contributed by atoms with van der Waals surface area (Å²) in [4.78, 5) is 35.3. The predicted octanol–water partition coefficient (Wildman–Crippen LogP) is 2.69. The molecule has 0 radical (unpaired) electrons. The van der Waals surface area contributed by atoms with Crippen LogP contribution >= 0.6 is 0 Å². The zero-order valence-corrected chi connectivity index (χ0v) is 18.4. The maximum atomic E-state index is 12.9. The van der Waals surface area contributed by atoms with E-state index in [0.29, 0.717) is 43.5 Å². The lowest BCUT2D eigenvalue weighted by atomic mass is 10.0. The van der Waals surface area contributed by atoms with Crippen molar-refractivity contribution in [2.45, 2.75) is 40.3 Å². The molecule has 0 fully saturated rings. The minimum Gasteiger partial charge on any atom is -0.450 e. The van der Waals surface area contributed by atoms with Crippen molar-refractivity contribution in [1.29, 1.82) is 0 Å². The Morgan fingerprint density at radius 1 is 1.29 bits per heavy atom. The van der Waals surface area contributed by atoms with E-state index >= 15 is 0 Å². The minimum absolute atomic E-state index is 0. The Morgan fingerprint density at radius 3 is 2.88 bits per heavy atom. The van der Waals surface area contributed by atoms with Gasteiger partial charge in [0.1, 0.15) is 23.5 Å². The molecule has 1 aliphatic heterocycles. The average Bonchev–Trinajstić information content (AvgIpc) is 3.33. The summed E-state index contributed by atoms with van der Waals surface area (Å²) in [7, 11) is 0. The molecule has 0 spiro atoms. The monoisotopic (exact) mass is 467 g/mol. The van der Waals surface area contributed by atoms with E-state index in [9.17, 15) is 14.7 Å². The molecule has 1 aliphatic rings. The van der Waals surface area contributed by atoms with Gasteiger partial charge in [0, 0.05) is 19.3 Å². The third-order valence-electron chi connectivity index (χ3n) is 5.39. The molecule has 11 nitrogen and oxygen atoms in total. The van der Waals surface area contributed by atoms with Crippen molar-refractivity contribution in [3.8, 4) is 11.5 Å². The number of aliphatic hydroxyl groups excluding tert-OH is 1. The SMILES string of the molecule is C.CCOC(=O)N1CCc2cnc(C(=O)Nc3cccc(-c4nncn4[C@H](C)CO)n3)cc2C1. The first-order chi connectivity index (χ1) is 16.0. The van der Waals surface area contributed by atoms with Crippen molar-refractivity contribution in [2.24, 2.45) is 0 Å². The fourth-order valence-corrected chi connectivity index (χ4v) is 3.58. The Labute approximate surface area is 197 Å². The lowest BCUT2D eigenvalue weighted by Crippen LogP contribution is -2.36. The molecule has 2 N–H and O–H groups in total. The number of nitrogens with one attached hydrogen (secondary N) is 1. The van der Waals surface area contributed by atoms with E-state index in [2.05, 4.69) is 25.5 Å². The van der Waals surface area contributed by atoms with Crippen LogP contribution in [0.2, 0.25) is 0 Å². The topological polar surface area (TPSA) is 135 Å². The second-order valence-electron chi connectivity index (χ2n) is 7.66. The molecule has 3 aromatic rings. The number of aliphatic hydroxyl groups is 1. The molecule has 0 saturated heterocycles. The van der Waals surface area contributed by atoms with Gasteiger partial charge in [0.25, 0.3) is 5.91 Å². The highest BCUT2D eigenvalue weighted by molar-refractivity contribution is 6.02. The number of carbonyl (C=O) groups excluding carboxylic acids is 2. The number of ether oxygens (including phenoxy) is 1. The summed E-state index contributed by atoms with van der Waals surface area (Å²) in [6, 6.07) is 6.64. The van der Waals surface area contributed by atoms with Crippen LogP contribution < -0.4 is 5.32 Å². The van der Waals surface area contributed by atoms with Crippen LogP contribution in [0.25, 0.3) is 11.5 Å². The Balaban J connectivity index is 0.00000324. The molecule has 0 unspecified atom stereocenters. The largest absolute Gasteiger partial charge is 0.450 e. The normalized spacial score (nSPS) is 13.4. The van der Waals surface area contributed by atoms with Crippen LogP contribution in [-0.2, 0) is 17.7 Å². The van der Waals surface area contributed by atoms with Gasteiger partial charge < -0.3 is 24.6 Å². The number of hydrogen-bond acceptors (Lipinski definition) is 8. The van der Waals surface area contributed by atoms with Gasteiger partial charge in [0.15, 0.2) is 5.82 Å². The second kappa shape index (κ2) is 10.8. The second-order valence-corrected chi connectivity index (χ2v) is 7.66. The van der Waals surface area contributed by atoms with Crippen LogP contribution in [0.15, 0.2) is 36.8 Å². The maximum absolute atomic E-state index is 12.9. The molecule has 3 aromatic heterocycles. The molecule has 1 atom stereocenters. The van der Waals surface area contributed by atoms with Crippen LogP contribution in [0.5, 0.6) is 0 Å². The van der Waals surface area contributed by atoms with Gasteiger partial charge in [0.05, 0.1) is 19.3 Å². The maximum Gasteiger partial charge on any atom is 0.410 e. The highest BCUT2D eigenvalue weighted by Gasteiger charge is 2.23. The molecule has 2 amide bonds. The number of carbonyl (C=O) groups is 2. The minimum atomic E-state index is -0.416. The van der Waals surface area contributed by atoms with Crippen molar-refractivity contribution < 1.29 is 19.4 Å². The van der Waals surface area contributed by atoms with Crippen LogP contribution in [0.1, 0.15) is 48.9 Å². The van der Waals surface area contributed by atoms with Crippen LogP contribution in [0.4, 0.5) is 10.6 Å². The van der Waals surface area contributed by atoms with E-state index in [4.69, 9.17) is 4.74 Å². The molecule has 180 valence electrons. The van der Waals surface area contributed by atoms with Crippen molar-refractivity contribution in [3.05, 3.63) is 53.6 Å². The number of aromatic nitrogens is 5. The number of amides is 2. The van der Waals surface area contributed by atoms with Crippen LogP contribution in [0, 0.1) is 0 Å². The lowest BCUT2D eigenvalue weighted by molar-refractivity contribution is 0.102. The van der Waals surface area contributed by atoms with Gasteiger partial charge in [-0.15, -0.1) is 10.2 Å². The van der Waals surface area contributed by atoms with E-state index in [1.54, 1.807) is 46.9 Å². The molecule has 0 aromatic carbocycles. The van der Waals surface area contributed by atoms with Crippen molar-refractivity contribution in [3.63, 3.8) is 0 Å². The molecule has 0 bridgehead atoms. The first-order valence-electron chi connectivity index (χ1n) is 10.7. The molecule has 4 rings (SSSR count). The summed E-state index contributed by atoms with van der Waals surface area (Å²) in [6.07, 6.45) is 3.49. The summed E-state index contributed by atoms with van der Waals surface area (Å²) >= 11 is 0. The highest BCUT2D eigenvalue weighted by atomic mass is 16.6. The van der Waals surface area contributed by atoms with Gasteiger partial charge in [-0.1, -0.05) is 13.5 Å². The van der Waals surface area contributed by atoms with Gasteiger partial charge in [0.2, 0.25) is 0 Å². The molecular formula is C23H29N7O4. The first-order valence-corrected chi connectivity index (χ1v) is 10.7. The molecule has 34 heavy (non-hydrogen) atoms. The Kier molecular flexibility index (Phi) is 7.90. The van der Waals surface area contributed by atoms with Gasteiger partial charge in [-0.25, -0.2) is 9.78 Å². The van der Waals surface area contributed by atoms with Crippen molar-refractivity contribution >= 4 is 17.8 Å². The lowest BCUT2D eigenvalue weighted by Gasteiger charge is -2.28. The van der Waals surface area contributed by atoms with Gasteiger partial charge >= 0.3 is 6.09 Å². The van der Waals surface area contributed by atoms with E-state index < -0.39 is 5.91 Å². The van der Waals surface area contributed by atoms with E-state index in [-0.39, 0.29) is 31.9 Å². The Bertz CT molecular complexity index is 1160. The number of rotatable bonds is 6. The molecule has 0 saturated carbocycles. The number of fused-ring (bicyclic) bond motifs is 1. The van der Waals surface area contributed by atoms with Crippen molar-refractivity contribution in [1.82, 2.24) is 29.6 Å². The smallest absolute Gasteiger partial charge is 0.410 e. The molecule has 11 heteroatoms. The molecule has 0 aliphatic carbocycles. The number of hydrogen-bond donors (Lipinski definition) is 2. The summed E-state index contributed by atoms with van der Waals surface area (Å²) < 4.78 is 6.80. The summed E-state index contributed by atoms with van der Waals surface area (Å²) in [5, 5.41) is 20.2. The molecular weight excluding hydrogens is 438 g/mol. The Morgan fingerprint density at radius 2 is 2.12 bits per heavy atom. The third kappa shape index (κ3) is 5.20. The zero-order chi connectivity index (χ0) is 23.4. The van der Waals surface area contributed by atoms with E-state index in [1.807, 2.05) is 6.92 Å². The first kappa shape index (κ1) is 24.8. The van der Waals surface area contributed by atoms with E-state index in [0.717, 1.165) is 11.1 Å². The number of pyridine rings is 2. The van der Waals surface area contributed by atoms with Gasteiger partial charge in [-0.2, -0.15) is 0 Å². The van der Waals surface area contributed by atoms with Crippen molar-refractivity contribution in [2.75, 3.05) is 25.1 Å². The number of anilines is 1. The molecule has 4 heterocycles. The average molecular weight is 468 g/mol.